The number of para-hydroxylation sites is 1. The monoisotopic (exact) mass is 221 g/mol. The molecule has 2 rings (SSSR count). The Balaban J connectivity index is 1.96. The lowest BCUT2D eigenvalue weighted by molar-refractivity contribution is -0.136. The number of aliphatic imine (C=N–C) groups is 1. The third kappa shape index (κ3) is 2.39. The van der Waals surface area contributed by atoms with Crippen LogP contribution in [0.25, 0.3) is 0 Å². The minimum absolute atomic E-state index is 0.206. The summed E-state index contributed by atoms with van der Waals surface area (Å²) in [5.41, 5.74) is 2.19. The van der Waals surface area contributed by atoms with E-state index in [0.29, 0.717) is 5.75 Å². The third-order valence-corrected chi connectivity index (χ3v) is 3.38. The van der Waals surface area contributed by atoms with E-state index in [1.807, 2.05) is 30.5 Å². The van der Waals surface area contributed by atoms with Crippen molar-refractivity contribution in [2.45, 2.75) is 11.7 Å². The van der Waals surface area contributed by atoms with Crippen LogP contribution in [0.15, 0.2) is 29.3 Å². The molecule has 1 aromatic carbocycles. The number of carboxylic acids is 1. The van der Waals surface area contributed by atoms with Crippen molar-refractivity contribution in [3.63, 3.8) is 0 Å². The first-order valence-electron chi connectivity index (χ1n) is 4.74. The van der Waals surface area contributed by atoms with Gasteiger partial charge in [-0.15, -0.1) is 11.8 Å². The summed E-state index contributed by atoms with van der Waals surface area (Å²) in [5.74, 6) is -0.119. The number of aliphatic carboxylic acids is 1. The average molecular weight is 221 g/mol. The number of thioether (sulfide) groups is 1. The molecule has 15 heavy (non-hydrogen) atoms. The number of rotatable bonds is 4. The molecule has 0 fully saturated rings. The summed E-state index contributed by atoms with van der Waals surface area (Å²) in [7, 11) is 0. The zero-order valence-corrected chi connectivity index (χ0v) is 8.91. The Morgan fingerprint density at radius 3 is 3.07 bits per heavy atom. The van der Waals surface area contributed by atoms with Gasteiger partial charge >= 0.3 is 5.97 Å². The van der Waals surface area contributed by atoms with Gasteiger partial charge in [-0.3, -0.25) is 9.79 Å². The van der Waals surface area contributed by atoms with Crippen molar-refractivity contribution in [2.75, 3.05) is 5.75 Å². The van der Waals surface area contributed by atoms with E-state index in [1.165, 1.54) is 5.56 Å². The zero-order valence-electron chi connectivity index (χ0n) is 8.09. The number of benzene rings is 1. The molecular formula is C11H11NO2S. The first-order chi connectivity index (χ1) is 7.27. The van der Waals surface area contributed by atoms with Gasteiger partial charge in [0.15, 0.2) is 0 Å². The van der Waals surface area contributed by atoms with Crippen LogP contribution in [-0.4, -0.2) is 23.0 Å². The Labute approximate surface area is 92.2 Å². The van der Waals surface area contributed by atoms with Crippen LogP contribution in [0.3, 0.4) is 0 Å². The first-order valence-corrected chi connectivity index (χ1v) is 5.79. The highest BCUT2D eigenvalue weighted by atomic mass is 32.2. The topological polar surface area (TPSA) is 49.7 Å². The molecule has 0 bridgehead atoms. The van der Waals surface area contributed by atoms with Crippen LogP contribution >= 0.6 is 11.8 Å². The maximum atomic E-state index is 10.4. The summed E-state index contributed by atoms with van der Waals surface area (Å²) < 4.78 is 0. The van der Waals surface area contributed by atoms with Crippen LogP contribution in [0.1, 0.15) is 17.2 Å². The third-order valence-electron chi connectivity index (χ3n) is 2.21. The number of hydrogen-bond acceptors (Lipinski definition) is 3. The van der Waals surface area contributed by atoms with E-state index in [9.17, 15) is 4.79 Å². The van der Waals surface area contributed by atoms with Gasteiger partial charge in [-0.1, -0.05) is 18.2 Å². The normalized spacial score (nSPS) is 17.7. The molecule has 0 radical (unpaired) electrons. The smallest absolute Gasteiger partial charge is 0.304 e. The summed E-state index contributed by atoms with van der Waals surface area (Å²) in [6, 6.07) is 7.96. The van der Waals surface area contributed by atoms with E-state index in [-0.39, 0.29) is 11.7 Å². The largest absolute Gasteiger partial charge is 0.481 e. The molecule has 0 aromatic heterocycles. The predicted molar refractivity (Wildman–Crippen MR) is 62.0 cm³/mol. The summed E-state index contributed by atoms with van der Waals surface area (Å²) in [5, 5.41) is 8.76. The Bertz CT molecular complexity index is 403. The van der Waals surface area contributed by atoms with Crippen LogP contribution < -0.4 is 0 Å². The molecule has 78 valence electrons. The predicted octanol–water partition coefficient (Wildman–Crippen LogP) is 2.65. The van der Waals surface area contributed by atoms with Crippen LogP contribution in [0.4, 0.5) is 5.69 Å². The van der Waals surface area contributed by atoms with Gasteiger partial charge in [0.25, 0.3) is 0 Å². The molecule has 1 aliphatic rings. The standard InChI is InChI=1S/C11H11NO2S/c13-11(14)5-6-15-10-7-12-9-4-2-1-3-8(9)10/h1-4,7,10H,5-6H2,(H,13,14)/t10-/m0/s1. The second-order valence-electron chi connectivity index (χ2n) is 3.27. The number of fused-ring (bicyclic) bond motifs is 1. The van der Waals surface area contributed by atoms with Crippen LogP contribution in [-0.2, 0) is 4.79 Å². The van der Waals surface area contributed by atoms with Crippen molar-refractivity contribution in [3.8, 4) is 0 Å². The zero-order chi connectivity index (χ0) is 10.7. The SMILES string of the molecule is O=C(O)CCS[C@H]1C=Nc2ccccc21. The molecule has 0 saturated heterocycles. The van der Waals surface area contributed by atoms with Gasteiger partial charge in [0.2, 0.25) is 0 Å². The highest BCUT2D eigenvalue weighted by molar-refractivity contribution is 8.00. The highest BCUT2D eigenvalue weighted by Crippen LogP contribution is 2.38. The quantitative estimate of drug-likeness (QED) is 0.850. The van der Waals surface area contributed by atoms with E-state index in [4.69, 9.17) is 5.11 Å². The molecule has 0 amide bonds. The van der Waals surface area contributed by atoms with E-state index >= 15 is 0 Å². The summed E-state index contributed by atoms with van der Waals surface area (Å²) >= 11 is 1.62. The first kappa shape index (κ1) is 10.2. The minimum Gasteiger partial charge on any atom is -0.481 e. The van der Waals surface area contributed by atoms with Gasteiger partial charge in [0.1, 0.15) is 0 Å². The molecular weight excluding hydrogens is 210 g/mol. The van der Waals surface area contributed by atoms with E-state index < -0.39 is 5.97 Å². The van der Waals surface area contributed by atoms with Crippen molar-refractivity contribution in [2.24, 2.45) is 4.99 Å². The Morgan fingerprint density at radius 1 is 1.47 bits per heavy atom. The molecule has 1 aliphatic heterocycles. The lowest BCUT2D eigenvalue weighted by Crippen LogP contribution is -1.99. The number of carboxylic acid groups (broad SMARTS) is 1. The molecule has 0 unspecified atom stereocenters. The number of nitrogens with zero attached hydrogens (tertiary/aromatic N) is 1. The fourth-order valence-corrected chi connectivity index (χ4v) is 2.55. The summed E-state index contributed by atoms with van der Waals surface area (Å²) in [6.45, 7) is 0. The lowest BCUT2D eigenvalue weighted by atomic mass is 10.1. The molecule has 0 spiro atoms. The van der Waals surface area contributed by atoms with Gasteiger partial charge in [0.05, 0.1) is 17.4 Å². The maximum Gasteiger partial charge on any atom is 0.304 e. The van der Waals surface area contributed by atoms with Crippen molar-refractivity contribution < 1.29 is 9.90 Å². The van der Waals surface area contributed by atoms with Crippen LogP contribution in [0.2, 0.25) is 0 Å². The number of hydrogen-bond donors (Lipinski definition) is 1. The molecule has 0 saturated carbocycles. The fourth-order valence-electron chi connectivity index (χ4n) is 1.48. The second kappa shape index (κ2) is 4.49. The Kier molecular flexibility index (Phi) is 3.06. The summed E-state index contributed by atoms with van der Waals surface area (Å²) in [6.07, 6.45) is 2.09. The van der Waals surface area contributed by atoms with Gasteiger partial charge in [-0.05, 0) is 11.6 Å². The van der Waals surface area contributed by atoms with Crippen molar-refractivity contribution in [3.05, 3.63) is 29.8 Å². The van der Waals surface area contributed by atoms with Crippen molar-refractivity contribution >= 4 is 29.6 Å². The van der Waals surface area contributed by atoms with Crippen LogP contribution in [0.5, 0.6) is 0 Å². The summed E-state index contributed by atoms with van der Waals surface area (Å²) in [4.78, 5) is 14.7. The molecule has 1 atom stereocenters. The van der Waals surface area contributed by atoms with Gasteiger partial charge in [-0.25, -0.2) is 0 Å². The fraction of sp³-hybridized carbons (Fsp3) is 0.273. The van der Waals surface area contributed by atoms with Gasteiger partial charge in [-0.2, -0.15) is 0 Å². The second-order valence-corrected chi connectivity index (χ2v) is 4.52. The molecule has 1 heterocycles. The number of carbonyl (C=O) groups is 1. The van der Waals surface area contributed by atoms with Gasteiger partial charge in [0, 0.05) is 12.0 Å². The van der Waals surface area contributed by atoms with Crippen molar-refractivity contribution in [1.82, 2.24) is 0 Å². The molecule has 3 nitrogen and oxygen atoms in total. The minimum atomic E-state index is -0.745. The highest BCUT2D eigenvalue weighted by Gasteiger charge is 2.18. The average Bonchev–Trinajstić information content (AvgIpc) is 2.62. The molecule has 0 aliphatic carbocycles. The van der Waals surface area contributed by atoms with E-state index in [2.05, 4.69) is 4.99 Å². The van der Waals surface area contributed by atoms with E-state index in [1.54, 1.807) is 11.8 Å². The Morgan fingerprint density at radius 2 is 2.27 bits per heavy atom. The maximum absolute atomic E-state index is 10.4. The van der Waals surface area contributed by atoms with Gasteiger partial charge < -0.3 is 5.11 Å². The van der Waals surface area contributed by atoms with E-state index in [0.717, 1.165) is 5.69 Å². The Hall–Kier alpha value is -1.29. The molecule has 1 N–H and O–H groups in total. The lowest BCUT2D eigenvalue weighted by Gasteiger charge is -2.07. The van der Waals surface area contributed by atoms with Crippen LogP contribution in [0, 0.1) is 0 Å². The molecule has 1 aromatic rings. The van der Waals surface area contributed by atoms with Crippen molar-refractivity contribution in [1.29, 1.82) is 0 Å². The molecule has 4 heteroatoms.